The van der Waals surface area contributed by atoms with Gasteiger partial charge in [-0.25, -0.2) is 4.98 Å². The van der Waals surface area contributed by atoms with Gasteiger partial charge in [-0.1, -0.05) is 0 Å². The third kappa shape index (κ3) is 1.49. The van der Waals surface area contributed by atoms with Crippen LogP contribution < -0.4 is 0 Å². The lowest BCUT2D eigenvalue weighted by Crippen LogP contribution is -2.10. The Hall–Kier alpha value is -1.89. The Labute approximate surface area is 75.4 Å². The maximum atomic E-state index is 11.4. The molecule has 0 N–H and O–H groups in total. The zero-order chi connectivity index (χ0) is 9.26. The van der Waals surface area contributed by atoms with Crippen molar-refractivity contribution in [3.8, 4) is 6.07 Å². The zero-order valence-electron chi connectivity index (χ0n) is 6.90. The van der Waals surface area contributed by atoms with Crippen LogP contribution in [0.25, 0.3) is 0 Å². The van der Waals surface area contributed by atoms with E-state index in [1.165, 1.54) is 6.20 Å². The summed E-state index contributed by atoms with van der Waals surface area (Å²) in [6.45, 7) is 1.66. The molecule has 1 aliphatic rings. The highest BCUT2D eigenvalue weighted by molar-refractivity contribution is 5.95. The molecule has 0 unspecified atom stereocenters. The van der Waals surface area contributed by atoms with Crippen LogP contribution in [-0.2, 0) is 0 Å². The summed E-state index contributed by atoms with van der Waals surface area (Å²) in [5, 5.41) is 8.48. The van der Waals surface area contributed by atoms with Crippen LogP contribution in [0, 0.1) is 11.3 Å². The molecule has 13 heavy (non-hydrogen) atoms. The van der Waals surface area contributed by atoms with Gasteiger partial charge in [0, 0.05) is 19.3 Å². The van der Waals surface area contributed by atoms with Crippen LogP contribution in [0.4, 0.5) is 0 Å². The van der Waals surface area contributed by atoms with E-state index >= 15 is 0 Å². The monoisotopic (exact) mass is 173 g/mol. The summed E-state index contributed by atoms with van der Waals surface area (Å²) in [5.74, 6) is -0.00279. The molecule has 1 aromatic heterocycles. The number of nitrogens with zero attached hydrogens (tertiary/aromatic N) is 3. The number of rotatable bonds is 1. The Morgan fingerprint density at radius 2 is 2.31 bits per heavy atom. The highest BCUT2D eigenvalue weighted by atomic mass is 16.2. The van der Waals surface area contributed by atoms with Crippen LogP contribution >= 0.6 is 0 Å². The fourth-order valence-electron chi connectivity index (χ4n) is 1.02. The zero-order valence-corrected chi connectivity index (χ0v) is 6.90. The lowest BCUT2D eigenvalue weighted by molar-refractivity contribution is 0.0885. The summed E-state index contributed by atoms with van der Waals surface area (Å²) in [6.07, 6.45) is 1.44. The van der Waals surface area contributed by atoms with Crippen LogP contribution in [-0.4, -0.2) is 28.9 Å². The normalized spacial score (nSPS) is 13.6. The van der Waals surface area contributed by atoms with E-state index in [9.17, 15) is 4.79 Å². The van der Waals surface area contributed by atoms with Crippen molar-refractivity contribution in [2.45, 2.75) is 0 Å². The Kier molecular flexibility index (Phi) is 1.71. The van der Waals surface area contributed by atoms with Crippen molar-refractivity contribution in [2.24, 2.45) is 0 Å². The average molecular weight is 173 g/mol. The number of aromatic nitrogens is 1. The summed E-state index contributed by atoms with van der Waals surface area (Å²) >= 11 is 0. The predicted octanol–water partition coefficient (Wildman–Crippen LogP) is 0.409. The molecule has 1 saturated heterocycles. The first-order valence-corrected chi connectivity index (χ1v) is 3.96. The maximum Gasteiger partial charge on any atom is 0.255 e. The van der Waals surface area contributed by atoms with Crippen molar-refractivity contribution in [1.29, 1.82) is 5.26 Å². The van der Waals surface area contributed by atoms with Gasteiger partial charge in [-0.2, -0.15) is 5.26 Å². The molecule has 64 valence electrons. The molecule has 1 aromatic rings. The van der Waals surface area contributed by atoms with Gasteiger partial charge in [-0.3, -0.25) is 4.79 Å². The fourth-order valence-corrected chi connectivity index (χ4v) is 1.02. The first-order valence-electron chi connectivity index (χ1n) is 3.96. The molecule has 1 aliphatic heterocycles. The molecule has 1 fully saturated rings. The van der Waals surface area contributed by atoms with E-state index in [0.717, 1.165) is 13.1 Å². The lowest BCUT2D eigenvalue weighted by Gasteiger charge is -1.99. The van der Waals surface area contributed by atoms with Gasteiger partial charge in [0.2, 0.25) is 0 Å². The SMILES string of the molecule is N#Cc1ccc(C(=O)N2CC2)cn1. The Balaban J connectivity index is 2.22. The number of nitriles is 1. The minimum absolute atomic E-state index is 0.00279. The number of carbonyl (C=O) groups is 1. The summed E-state index contributed by atoms with van der Waals surface area (Å²) < 4.78 is 0. The number of carbonyl (C=O) groups excluding carboxylic acids is 1. The number of hydrogen-bond donors (Lipinski definition) is 0. The van der Waals surface area contributed by atoms with Crippen molar-refractivity contribution in [2.75, 3.05) is 13.1 Å². The average Bonchev–Trinajstić information content (AvgIpc) is 3.00. The van der Waals surface area contributed by atoms with Crippen LogP contribution in [0.15, 0.2) is 18.3 Å². The Bertz CT molecular complexity index is 373. The fraction of sp³-hybridized carbons (Fsp3) is 0.222. The second-order valence-electron chi connectivity index (χ2n) is 2.84. The molecule has 0 atom stereocenters. The van der Waals surface area contributed by atoms with Crippen LogP contribution in [0.1, 0.15) is 16.1 Å². The molecule has 2 heterocycles. The third-order valence-corrected chi connectivity index (χ3v) is 1.86. The molecule has 0 saturated carbocycles. The second kappa shape index (κ2) is 2.87. The maximum absolute atomic E-state index is 11.4. The van der Waals surface area contributed by atoms with E-state index in [1.807, 2.05) is 6.07 Å². The Morgan fingerprint density at radius 1 is 1.54 bits per heavy atom. The highest BCUT2D eigenvalue weighted by Crippen LogP contribution is 2.11. The second-order valence-corrected chi connectivity index (χ2v) is 2.84. The molecular weight excluding hydrogens is 166 g/mol. The first-order chi connectivity index (χ1) is 6.31. The van der Waals surface area contributed by atoms with Gasteiger partial charge < -0.3 is 4.90 Å². The molecule has 4 heteroatoms. The van der Waals surface area contributed by atoms with Crippen LogP contribution in [0.2, 0.25) is 0 Å². The molecule has 0 bridgehead atoms. The van der Waals surface area contributed by atoms with Gasteiger partial charge in [0.05, 0.1) is 5.56 Å². The van der Waals surface area contributed by atoms with Crippen molar-refractivity contribution in [3.63, 3.8) is 0 Å². The van der Waals surface area contributed by atoms with Crippen molar-refractivity contribution in [3.05, 3.63) is 29.6 Å². The van der Waals surface area contributed by atoms with E-state index in [4.69, 9.17) is 5.26 Å². The standard InChI is InChI=1S/C9H7N3O/c10-5-8-2-1-7(6-11-8)9(13)12-3-4-12/h1-2,6H,3-4H2. The van der Waals surface area contributed by atoms with Crippen LogP contribution in [0.5, 0.6) is 0 Å². The summed E-state index contributed by atoms with van der Waals surface area (Å²) in [5.41, 5.74) is 0.888. The lowest BCUT2D eigenvalue weighted by atomic mass is 10.2. The molecule has 0 aromatic carbocycles. The molecule has 1 amide bonds. The molecule has 0 radical (unpaired) electrons. The quantitative estimate of drug-likeness (QED) is 0.578. The van der Waals surface area contributed by atoms with E-state index < -0.39 is 0 Å². The van der Waals surface area contributed by atoms with Gasteiger partial charge in [0.25, 0.3) is 5.91 Å². The largest absolute Gasteiger partial charge is 0.335 e. The van der Waals surface area contributed by atoms with Gasteiger partial charge in [-0.05, 0) is 12.1 Å². The summed E-state index contributed by atoms with van der Waals surface area (Å²) in [4.78, 5) is 16.9. The topological polar surface area (TPSA) is 56.8 Å². The molecule has 2 rings (SSSR count). The number of pyridine rings is 1. The summed E-state index contributed by atoms with van der Waals surface area (Å²) in [6, 6.07) is 5.09. The highest BCUT2D eigenvalue weighted by Gasteiger charge is 2.25. The van der Waals surface area contributed by atoms with E-state index in [1.54, 1.807) is 17.0 Å². The van der Waals surface area contributed by atoms with E-state index in [0.29, 0.717) is 11.3 Å². The minimum atomic E-state index is -0.00279. The molecule has 0 aliphatic carbocycles. The number of hydrogen-bond acceptors (Lipinski definition) is 3. The van der Waals surface area contributed by atoms with Gasteiger partial charge >= 0.3 is 0 Å². The third-order valence-electron chi connectivity index (χ3n) is 1.86. The summed E-state index contributed by atoms with van der Waals surface area (Å²) in [7, 11) is 0. The molecule has 0 spiro atoms. The minimum Gasteiger partial charge on any atom is -0.335 e. The van der Waals surface area contributed by atoms with Gasteiger partial charge in [-0.15, -0.1) is 0 Å². The van der Waals surface area contributed by atoms with Crippen molar-refractivity contribution >= 4 is 5.91 Å². The predicted molar refractivity (Wildman–Crippen MR) is 44.9 cm³/mol. The van der Waals surface area contributed by atoms with Gasteiger partial charge in [0.1, 0.15) is 11.8 Å². The smallest absolute Gasteiger partial charge is 0.255 e. The van der Waals surface area contributed by atoms with E-state index in [-0.39, 0.29) is 5.91 Å². The molecular formula is C9H7N3O. The van der Waals surface area contributed by atoms with Crippen molar-refractivity contribution < 1.29 is 4.79 Å². The first kappa shape index (κ1) is 7.74. The Morgan fingerprint density at radius 3 is 2.77 bits per heavy atom. The number of amides is 1. The van der Waals surface area contributed by atoms with Crippen molar-refractivity contribution in [1.82, 2.24) is 9.88 Å². The van der Waals surface area contributed by atoms with Crippen LogP contribution in [0.3, 0.4) is 0 Å². The van der Waals surface area contributed by atoms with Gasteiger partial charge in [0.15, 0.2) is 0 Å². The molecule has 4 nitrogen and oxygen atoms in total. The van der Waals surface area contributed by atoms with E-state index in [2.05, 4.69) is 4.98 Å².